The first-order valence-electron chi connectivity index (χ1n) is 6.62. The van der Waals surface area contributed by atoms with E-state index in [4.69, 9.17) is 0 Å². The van der Waals surface area contributed by atoms with E-state index in [9.17, 15) is 10.1 Å². The van der Waals surface area contributed by atoms with Gasteiger partial charge in [0.25, 0.3) is 0 Å². The second-order valence-electron chi connectivity index (χ2n) is 4.88. The molecule has 1 aliphatic heterocycles. The van der Waals surface area contributed by atoms with E-state index in [0.717, 1.165) is 25.9 Å². The van der Waals surface area contributed by atoms with Crippen molar-refractivity contribution in [2.45, 2.75) is 26.7 Å². The monoisotopic (exact) mass is 265 g/mol. The Hall–Kier alpha value is -1.92. The number of nitrogens with zero attached hydrogens (tertiary/aromatic N) is 4. The number of anilines is 2. The van der Waals surface area contributed by atoms with Gasteiger partial charge in [-0.2, -0.15) is 4.98 Å². The molecule has 0 saturated carbocycles. The summed E-state index contributed by atoms with van der Waals surface area (Å²) >= 11 is 0. The highest BCUT2D eigenvalue weighted by atomic mass is 16.6. The zero-order valence-electron chi connectivity index (χ0n) is 11.3. The lowest BCUT2D eigenvalue weighted by Gasteiger charge is -2.31. The van der Waals surface area contributed by atoms with Crippen LogP contribution in [0.5, 0.6) is 0 Å². The highest BCUT2D eigenvalue weighted by Crippen LogP contribution is 2.29. The molecule has 1 fully saturated rings. The van der Waals surface area contributed by atoms with Gasteiger partial charge in [-0.25, -0.2) is 4.98 Å². The van der Waals surface area contributed by atoms with Gasteiger partial charge in [0.1, 0.15) is 6.20 Å². The van der Waals surface area contributed by atoms with Crippen molar-refractivity contribution in [3.05, 3.63) is 16.3 Å². The lowest BCUT2D eigenvalue weighted by atomic mass is 10.0. The Morgan fingerprint density at radius 1 is 1.63 bits per heavy atom. The first-order valence-corrected chi connectivity index (χ1v) is 6.62. The molecule has 0 radical (unpaired) electrons. The summed E-state index contributed by atoms with van der Waals surface area (Å²) in [4.78, 5) is 21.0. The van der Waals surface area contributed by atoms with Crippen LogP contribution in [0.4, 0.5) is 17.5 Å². The van der Waals surface area contributed by atoms with Crippen LogP contribution < -0.4 is 10.2 Å². The second kappa shape index (κ2) is 5.81. The van der Waals surface area contributed by atoms with Crippen LogP contribution in [-0.4, -0.2) is 34.5 Å². The normalized spacial score (nSPS) is 19.3. The molecule has 104 valence electrons. The second-order valence-corrected chi connectivity index (χ2v) is 4.88. The van der Waals surface area contributed by atoms with E-state index in [-0.39, 0.29) is 5.69 Å². The summed E-state index contributed by atoms with van der Waals surface area (Å²) in [5.74, 6) is 1.41. The summed E-state index contributed by atoms with van der Waals surface area (Å²) in [6.07, 6.45) is 3.49. The SMILES string of the molecule is CCNc1ncc([N+](=O)[O-])c(N2CCCC(C)C2)n1. The molecule has 7 heteroatoms. The Morgan fingerprint density at radius 3 is 3.05 bits per heavy atom. The number of nitro groups is 1. The van der Waals surface area contributed by atoms with Crippen LogP contribution in [0.2, 0.25) is 0 Å². The predicted octanol–water partition coefficient (Wildman–Crippen LogP) is 2.05. The summed E-state index contributed by atoms with van der Waals surface area (Å²) in [5, 5.41) is 14.1. The van der Waals surface area contributed by atoms with E-state index < -0.39 is 4.92 Å². The molecular weight excluding hydrogens is 246 g/mol. The van der Waals surface area contributed by atoms with Crippen LogP contribution in [-0.2, 0) is 0 Å². The lowest BCUT2D eigenvalue weighted by molar-refractivity contribution is -0.384. The summed E-state index contributed by atoms with van der Waals surface area (Å²) < 4.78 is 0. The third kappa shape index (κ3) is 3.10. The van der Waals surface area contributed by atoms with E-state index >= 15 is 0 Å². The molecule has 2 rings (SSSR count). The smallest absolute Gasteiger partial charge is 0.329 e. The van der Waals surface area contributed by atoms with Gasteiger partial charge >= 0.3 is 5.69 Å². The minimum absolute atomic E-state index is 0.0178. The molecule has 1 aromatic heterocycles. The molecule has 1 aliphatic rings. The molecule has 1 N–H and O–H groups in total. The molecule has 1 atom stereocenters. The molecule has 19 heavy (non-hydrogen) atoms. The molecule has 1 unspecified atom stereocenters. The highest BCUT2D eigenvalue weighted by Gasteiger charge is 2.26. The predicted molar refractivity (Wildman–Crippen MR) is 73.5 cm³/mol. The van der Waals surface area contributed by atoms with E-state index in [1.807, 2.05) is 11.8 Å². The average molecular weight is 265 g/mol. The van der Waals surface area contributed by atoms with Crippen molar-refractivity contribution in [1.82, 2.24) is 9.97 Å². The van der Waals surface area contributed by atoms with Gasteiger partial charge in [-0.3, -0.25) is 10.1 Å². The van der Waals surface area contributed by atoms with Crippen molar-refractivity contribution in [1.29, 1.82) is 0 Å². The number of aromatic nitrogens is 2. The fourth-order valence-electron chi connectivity index (χ4n) is 2.35. The van der Waals surface area contributed by atoms with E-state index in [2.05, 4.69) is 22.2 Å². The molecule has 0 spiro atoms. The number of piperidine rings is 1. The maximum atomic E-state index is 11.1. The minimum atomic E-state index is -0.412. The third-order valence-electron chi connectivity index (χ3n) is 3.24. The standard InChI is InChI=1S/C12H19N5O2/c1-3-13-12-14-7-10(17(18)19)11(15-12)16-6-4-5-9(2)8-16/h7,9H,3-6,8H2,1-2H3,(H,13,14,15). The lowest BCUT2D eigenvalue weighted by Crippen LogP contribution is -2.35. The van der Waals surface area contributed by atoms with Crippen LogP contribution in [0.15, 0.2) is 6.20 Å². The molecule has 0 aliphatic carbocycles. The van der Waals surface area contributed by atoms with Crippen molar-refractivity contribution in [2.24, 2.45) is 5.92 Å². The summed E-state index contributed by atoms with van der Waals surface area (Å²) in [6.45, 7) is 6.41. The summed E-state index contributed by atoms with van der Waals surface area (Å²) in [5.41, 5.74) is -0.0178. The average Bonchev–Trinajstić information content (AvgIpc) is 2.39. The Kier molecular flexibility index (Phi) is 4.13. The van der Waals surface area contributed by atoms with Gasteiger partial charge in [0.15, 0.2) is 0 Å². The van der Waals surface area contributed by atoms with Gasteiger partial charge in [-0.05, 0) is 25.7 Å². The highest BCUT2D eigenvalue weighted by molar-refractivity contribution is 5.59. The van der Waals surface area contributed by atoms with Crippen LogP contribution in [0, 0.1) is 16.0 Å². The maximum absolute atomic E-state index is 11.1. The summed E-state index contributed by atoms with van der Waals surface area (Å²) in [7, 11) is 0. The number of hydrogen-bond acceptors (Lipinski definition) is 6. The van der Waals surface area contributed by atoms with E-state index in [1.54, 1.807) is 0 Å². The van der Waals surface area contributed by atoms with Crippen LogP contribution in [0.3, 0.4) is 0 Å². The largest absolute Gasteiger partial charge is 0.354 e. The molecular formula is C12H19N5O2. The van der Waals surface area contributed by atoms with Crippen molar-refractivity contribution in [3.63, 3.8) is 0 Å². The van der Waals surface area contributed by atoms with Crippen molar-refractivity contribution in [3.8, 4) is 0 Å². The first kappa shape index (κ1) is 13.5. The summed E-state index contributed by atoms with van der Waals surface area (Å²) in [6, 6.07) is 0. The Bertz CT molecular complexity index is 465. The number of nitrogens with one attached hydrogen (secondary N) is 1. The van der Waals surface area contributed by atoms with E-state index in [1.165, 1.54) is 6.20 Å². The molecule has 7 nitrogen and oxygen atoms in total. The Balaban J connectivity index is 2.33. The van der Waals surface area contributed by atoms with Gasteiger partial charge in [0, 0.05) is 19.6 Å². The molecule has 1 saturated heterocycles. The van der Waals surface area contributed by atoms with Gasteiger partial charge in [-0.1, -0.05) is 6.92 Å². The van der Waals surface area contributed by atoms with Crippen LogP contribution in [0.1, 0.15) is 26.7 Å². The minimum Gasteiger partial charge on any atom is -0.354 e. The Labute approximate surface area is 112 Å². The number of rotatable bonds is 4. The zero-order chi connectivity index (χ0) is 13.8. The van der Waals surface area contributed by atoms with E-state index in [0.29, 0.717) is 24.2 Å². The Morgan fingerprint density at radius 2 is 2.42 bits per heavy atom. The molecule has 0 aromatic carbocycles. The van der Waals surface area contributed by atoms with Gasteiger partial charge < -0.3 is 10.2 Å². The van der Waals surface area contributed by atoms with Gasteiger partial charge in [0.2, 0.25) is 11.8 Å². The fraction of sp³-hybridized carbons (Fsp3) is 0.667. The molecule has 0 amide bonds. The van der Waals surface area contributed by atoms with Crippen LogP contribution >= 0.6 is 0 Å². The first-order chi connectivity index (χ1) is 9.11. The molecule has 0 bridgehead atoms. The van der Waals surface area contributed by atoms with Gasteiger partial charge in [-0.15, -0.1) is 0 Å². The van der Waals surface area contributed by atoms with Gasteiger partial charge in [0.05, 0.1) is 4.92 Å². The van der Waals surface area contributed by atoms with Crippen LogP contribution in [0.25, 0.3) is 0 Å². The quantitative estimate of drug-likeness (QED) is 0.662. The van der Waals surface area contributed by atoms with Crippen molar-refractivity contribution < 1.29 is 4.92 Å². The van der Waals surface area contributed by atoms with Crippen molar-refractivity contribution in [2.75, 3.05) is 29.9 Å². The maximum Gasteiger partial charge on any atom is 0.329 e. The topological polar surface area (TPSA) is 84.2 Å². The fourth-order valence-corrected chi connectivity index (χ4v) is 2.35. The number of hydrogen-bond donors (Lipinski definition) is 1. The third-order valence-corrected chi connectivity index (χ3v) is 3.24. The zero-order valence-corrected chi connectivity index (χ0v) is 11.3. The van der Waals surface area contributed by atoms with Crippen molar-refractivity contribution >= 4 is 17.5 Å². The molecule has 1 aromatic rings. The molecule has 2 heterocycles.